The highest BCUT2D eigenvalue weighted by molar-refractivity contribution is 7.13. The van der Waals surface area contributed by atoms with Crippen LogP contribution in [0.5, 0.6) is 5.75 Å². The summed E-state index contributed by atoms with van der Waals surface area (Å²) in [6.45, 7) is 3.41. The highest BCUT2D eigenvalue weighted by Gasteiger charge is 2.39. The average molecular weight is 513 g/mol. The summed E-state index contributed by atoms with van der Waals surface area (Å²) in [6.07, 6.45) is -8.63. The van der Waals surface area contributed by atoms with E-state index >= 15 is 0 Å². The van der Waals surface area contributed by atoms with Gasteiger partial charge in [0.2, 0.25) is 0 Å². The maximum atomic E-state index is 13.5. The second kappa shape index (κ2) is 11.8. The molecule has 1 heterocycles. The van der Waals surface area contributed by atoms with Crippen molar-refractivity contribution in [1.29, 1.82) is 0 Å². The average Bonchev–Trinajstić information content (AvgIpc) is 3.14. The monoisotopic (exact) mass is 512 g/mol. The Bertz CT molecular complexity index is 946. The van der Waals surface area contributed by atoms with E-state index in [0.29, 0.717) is 24.4 Å². The third kappa shape index (κ3) is 9.11. The van der Waals surface area contributed by atoms with E-state index in [1.807, 2.05) is 19.0 Å². The molecule has 1 unspecified atom stereocenters. The van der Waals surface area contributed by atoms with Gasteiger partial charge in [-0.3, -0.25) is 4.79 Å². The number of ether oxygens (including phenoxy) is 1. The molecule has 2 N–H and O–H groups in total. The van der Waals surface area contributed by atoms with Crippen molar-refractivity contribution in [1.82, 2.24) is 20.5 Å². The van der Waals surface area contributed by atoms with Gasteiger partial charge in [-0.25, -0.2) is 4.98 Å². The summed E-state index contributed by atoms with van der Waals surface area (Å²) in [5.41, 5.74) is -1.05. The molecule has 0 aliphatic heterocycles. The molecule has 0 saturated heterocycles. The minimum Gasteiger partial charge on any atom is -0.406 e. The summed E-state index contributed by atoms with van der Waals surface area (Å²) in [7, 11) is 3.88. The third-order valence-electron chi connectivity index (χ3n) is 4.56. The van der Waals surface area contributed by atoms with Crippen LogP contribution in [0.25, 0.3) is 0 Å². The zero-order valence-corrected chi connectivity index (χ0v) is 19.6. The maximum Gasteiger partial charge on any atom is 0.573 e. The topological polar surface area (TPSA) is 66.5 Å². The van der Waals surface area contributed by atoms with Gasteiger partial charge in [-0.2, -0.15) is 13.2 Å². The van der Waals surface area contributed by atoms with Gasteiger partial charge in [0.15, 0.2) is 5.69 Å². The summed E-state index contributed by atoms with van der Waals surface area (Å²) in [5.74, 6) is -1.51. The smallest absolute Gasteiger partial charge is 0.406 e. The number of amides is 1. The Morgan fingerprint density at radius 1 is 1.18 bits per heavy atom. The second-order valence-electron chi connectivity index (χ2n) is 7.76. The van der Waals surface area contributed by atoms with Gasteiger partial charge in [0.25, 0.3) is 5.91 Å². The number of benzene rings is 1. The maximum absolute atomic E-state index is 13.5. The molecular formula is C21H26F6N4O2S. The third-order valence-corrected chi connectivity index (χ3v) is 5.67. The molecular weight excluding hydrogens is 486 g/mol. The van der Waals surface area contributed by atoms with Gasteiger partial charge >= 0.3 is 12.5 Å². The fourth-order valence-electron chi connectivity index (χ4n) is 2.98. The van der Waals surface area contributed by atoms with E-state index in [4.69, 9.17) is 0 Å². The van der Waals surface area contributed by atoms with Gasteiger partial charge in [-0.15, -0.1) is 24.5 Å². The Kier molecular flexibility index (Phi) is 9.71. The van der Waals surface area contributed by atoms with Crippen molar-refractivity contribution in [2.24, 2.45) is 0 Å². The van der Waals surface area contributed by atoms with Crippen molar-refractivity contribution in [2.75, 3.05) is 33.7 Å². The van der Waals surface area contributed by atoms with Crippen LogP contribution in [-0.4, -0.2) is 55.9 Å². The van der Waals surface area contributed by atoms with Crippen LogP contribution in [0.4, 0.5) is 26.3 Å². The van der Waals surface area contributed by atoms with E-state index in [2.05, 4.69) is 20.4 Å². The van der Waals surface area contributed by atoms with E-state index in [9.17, 15) is 31.1 Å². The minimum atomic E-state index is -4.90. The Morgan fingerprint density at radius 3 is 2.50 bits per heavy atom. The summed E-state index contributed by atoms with van der Waals surface area (Å²) in [4.78, 5) is 17.7. The fraction of sp³-hybridized carbons (Fsp3) is 0.524. The van der Waals surface area contributed by atoms with Crippen molar-refractivity contribution in [3.8, 4) is 5.75 Å². The molecule has 0 saturated carbocycles. The number of carbonyl (C=O) groups excluding carboxylic acids is 1. The molecule has 0 aliphatic rings. The van der Waals surface area contributed by atoms with E-state index in [0.717, 1.165) is 25.1 Å². The van der Waals surface area contributed by atoms with Crippen molar-refractivity contribution >= 4 is 17.2 Å². The molecule has 2 rings (SSSR count). The number of nitrogens with zero attached hydrogens (tertiary/aromatic N) is 2. The van der Waals surface area contributed by atoms with Crippen LogP contribution in [0.3, 0.4) is 0 Å². The van der Waals surface area contributed by atoms with Crippen LogP contribution in [0.2, 0.25) is 0 Å². The number of thiazole rings is 1. The number of nitrogens with one attached hydrogen (secondary N) is 2. The molecule has 0 bridgehead atoms. The van der Waals surface area contributed by atoms with Gasteiger partial charge in [0, 0.05) is 13.0 Å². The van der Waals surface area contributed by atoms with Gasteiger partial charge in [-0.05, 0) is 58.2 Å². The first-order valence-corrected chi connectivity index (χ1v) is 11.2. The summed E-state index contributed by atoms with van der Waals surface area (Å²) >= 11 is 0.647. The molecule has 6 nitrogen and oxygen atoms in total. The van der Waals surface area contributed by atoms with Crippen LogP contribution in [0, 0.1) is 0 Å². The highest BCUT2D eigenvalue weighted by Crippen LogP contribution is 2.35. The summed E-state index contributed by atoms with van der Waals surface area (Å²) < 4.78 is 81.6. The quantitative estimate of drug-likeness (QED) is 0.339. The lowest BCUT2D eigenvalue weighted by atomic mass is 10.1. The Labute approximate surface area is 197 Å². The lowest BCUT2D eigenvalue weighted by Gasteiger charge is -2.16. The lowest BCUT2D eigenvalue weighted by Crippen LogP contribution is -2.28. The molecule has 0 radical (unpaired) electrons. The number of alkyl halides is 6. The number of aromatic nitrogens is 1. The van der Waals surface area contributed by atoms with Gasteiger partial charge < -0.3 is 20.3 Å². The highest BCUT2D eigenvalue weighted by atomic mass is 32.1. The van der Waals surface area contributed by atoms with Gasteiger partial charge in [0.05, 0.1) is 11.0 Å². The van der Waals surface area contributed by atoms with Crippen molar-refractivity contribution in [3.63, 3.8) is 0 Å². The fourth-order valence-corrected chi connectivity index (χ4v) is 3.97. The van der Waals surface area contributed by atoms with E-state index in [1.165, 1.54) is 19.1 Å². The standard InChI is InChI=1S/C21H26F6N4O2S/c1-13(14-6-4-7-15(12-14)33-21(25,26)27)29-19(32)17-18(20(22,23)24)30-16(34-17)8-10-28-9-5-11-31(2)3/h4,6-7,12-13,28H,5,8-11H2,1-3H3,(H,29,32). The predicted molar refractivity (Wildman–Crippen MR) is 116 cm³/mol. The first-order valence-electron chi connectivity index (χ1n) is 10.3. The largest absolute Gasteiger partial charge is 0.573 e. The van der Waals surface area contributed by atoms with Crippen LogP contribution in [0.1, 0.15) is 45.3 Å². The van der Waals surface area contributed by atoms with Gasteiger partial charge in [-0.1, -0.05) is 12.1 Å². The number of hydrogen-bond donors (Lipinski definition) is 2. The Hall–Kier alpha value is -2.38. The first-order chi connectivity index (χ1) is 15.8. The number of hydrogen-bond acceptors (Lipinski definition) is 6. The SMILES string of the molecule is CC(NC(=O)c1sc(CCNCCCN(C)C)nc1C(F)(F)F)c1cccc(OC(F)(F)F)c1. The minimum absolute atomic E-state index is 0.158. The molecule has 1 amide bonds. The molecule has 0 aliphatic carbocycles. The molecule has 1 aromatic heterocycles. The first kappa shape index (κ1) is 27.9. The molecule has 2 aromatic rings. The second-order valence-corrected chi connectivity index (χ2v) is 8.84. The normalized spacial score (nSPS) is 13.2. The van der Waals surface area contributed by atoms with E-state index in [-0.39, 0.29) is 17.0 Å². The lowest BCUT2D eigenvalue weighted by molar-refractivity contribution is -0.274. The molecule has 190 valence electrons. The summed E-state index contributed by atoms with van der Waals surface area (Å²) in [5, 5.41) is 5.68. The Morgan fingerprint density at radius 2 is 1.88 bits per heavy atom. The van der Waals surface area contributed by atoms with Crippen LogP contribution in [-0.2, 0) is 12.6 Å². The van der Waals surface area contributed by atoms with Crippen molar-refractivity contribution in [2.45, 2.75) is 38.3 Å². The number of carbonyl (C=O) groups is 1. The zero-order valence-electron chi connectivity index (χ0n) is 18.8. The Balaban J connectivity index is 2.07. The molecule has 1 atom stereocenters. The van der Waals surface area contributed by atoms with Gasteiger partial charge in [0.1, 0.15) is 10.6 Å². The number of rotatable bonds is 11. The van der Waals surface area contributed by atoms with E-state index < -0.39 is 40.8 Å². The van der Waals surface area contributed by atoms with Crippen LogP contribution >= 0.6 is 11.3 Å². The molecule has 0 spiro atoms. The molecule has 13 heteroatoms. The predicted octanol–water partition coefficient (Wildman–Crippen LogP) is 4.64. The number of halogens is 6. The van der Waals surface area contributed by atoms with E-state index in [1.54, 1.807) is 0 Å². The van der Waals surface area contributed by atoms with Crippen LogP contribution < -0.4 is 15.4 Å². The van der Waals surface area contributed by atoms with Crippen LogP contribution in [0.15, 0.2) is 24.3 Å². The molecule has 1 aromatic carbocycles. The molecule has 34 heavy (non-hydrogen) atoms. The molecule has 0 fully saturated rings. The zero-order chi connectivity index (χ0) is 25.5. The van der Waals surface area contributed by atoms with Crippen molar-refractivity contribution in [3.05, 3.63) is 45.4 Å². The summed E-state index contributed by atoms with van der Waals surface area (Å²) in [6, 6.07) is 3.98. The van der Waals surface area contributed by atoms with Crippen molar-refractivity contribution < 1.29 is 35.9 Å².